The largest absolute Gasteiger partial charge is 0.309 e. The number of nitrogens with one attached hydrogen (secondary N) is 2. The molecule has 3 aromatic rings. The minimum absolute atomic E-state index is 0.125. The fourth-order valence-corrected chi connectivity index (χ4v) is 5.38. The van der Waals surface area contributed by atoms with Gasteiger partial charge in [-0.05, 0) is 47.7 Å². The third kappa shape index (κ3) is 3.76. The van der Waals surface area contributed by atoms with E-state index in [9.17, 15) is 8.42 Å². The van der Waals surface area contributed by atoms with Crippen molar-refractivity contribution in [3.05, 3.63) is 77.9 Å². The zero-order chi connectivity index (χ0) is 18.9. The monoisotopic (exact) mass is 380 g/mol. The first-order valence-corrected chi connectivity index (χ1v) is 10.8. The second-order valence-electron chi connectivity index (χ2n) is 7.16. The molecule has 4 nitrogen and oxygen atoms in total. The highest BCUT2D eigenvalue weighted by Gasteiger charge is 2.26. The third-order valence-corrected chi connectivity index (χ3v) is 6.93. The van der Waals surface area contributed by atoms with Crippen LogP contribution in [0.25, 0.3) is 10.8 Å². The van der Waals surface area contributed by atoms with E-state index in [1.807, 2.05) is 18.2 Å². The quantitative estimate of drug-likeness (QED) is 0.724. The van der Waals surface area contributed by atoms with Gasteiger partial charge in [0.25, 0.3) is 0 Å². The molecule has 0 aliphatic carbocycles. The van der Waals surface area contributed by atoms with Crippen molar-refractivity contribution in [3.8, 4) is 0 Å². The van der Waals surface area contributed by atoms with Crippen LogP contribution in [-0.2, 0) is 16.4 Å². The Kier molecular flexibility index (Phi) is 5.00. The van der Waals surface area contributed by atoms with E-state index in [-0.39, 0.29) is 12.1 Å². The standard InChI is InChI=1S/C22H24N2O2S/c1-16(20-11-6-9-17-7-2-4-10-21(17)20)23-15-19-14-13-18-8-3-5-12-22(18)27(25,26)24-19/h2-12,16,19,23-24H,13-15H2,1H3/t16-,19?/m1/s1. The van der Waals surface area contributed by atoms with E-state index in [4.69, 9.17) is 0 Å². The highest BCUT2D eigenvalue weighted by molar-refractivity contribution is 7.89. The Morgan fingerprint density at radius 3 is 2.67 bits per heavy atom. The summed E-state index contributed by atoms with van der Waals surface area (Å²) >= 11 is 0. The molecule has 5 heteroatoms. The van der Waals surface area contributed by atoms with Gasteiger partial charge in [0.05, 0.1) is 4.90 Å². The molecule has 27 heavy (non-hydrogen) atoms. The van der Waals surface area contributed by atoms with Crippen molar-refractivity contribution in [1.29, 1.82) is 0 Å². The molecule has 0 radical (unpaired) electrons. The molecule has 1 aliphatic heterocycles. The van der Waals surface area contributed by atoms with Crippen molar-refractivity contribution in [3.63, 3.8) is 0 Å². The topological polar surface area (TPSA) is 58.2 Å². The Hall–Kier alpha value is -2.21. The van der Waals surface area contributed by atoms with Crippen LogP contribution in [0.15, 0.2) is 71.6 Å². The summed E-state index contributed by atoms with van der Waals surface area (Å²) in [6.07, 6.45) is 1.54. The SMILES string of the molecule is C[C@@H](NCC1CCc2ccccc2S(=O)(=O)N1)c1cccc2ccccc12. The molecule has 140 valence electrons. The van der Waals surface area contributed by atoms with Gasteiger partial charge in [0.1, 0.15) is 0 Å². The van der Waals surface area contributed by atoms with Crippen LogP contribution in [-0.4, -0.2) is 21.0 Å². The zero-order valence-corrected chi connectivity index (χ0v) is 16.2. The molecule has 0 fully saturated rings. The molecule has 2 atom stereocenters. The molecule has 0 saturated heterocycles. The molecule has 1 unspecified atom stereocenters. The number of hydrogen-bond donors (Lipinski definition) is 2. The maximum absolute atomic E-state index is 12.7. The van der Waals surface area contributed by atoms with Crippen LogP contribution in [0.4, 0.5) is 0 Å². The minimum Gasteiger partial charge on any atom is -0.309 e. The van der Waals surface area contributed by atoms with Crippen molar-refractivity contribution < 1.29 is 8.42 Å². The number of benzene rings is 3. The summed E-state index contributed by atoms with van der Waals surface area (Å²) in [5.74, 6) is 0. The Morgan fingerprint density at radius 2 is 1.78 bits per heavy atom. The summed E-state index contributed by atoms with van der Waals surface area (Å²) in [4.78, 5) is 0.412. The van der Waals surface area contributed by atoms with E-state index >= 15 is 0 Å². The van der Waals surface area contributed by atoms with E-state index in [0.717, 1.165) is 18.4 Å². The summed E-state index contributed by atoms with van der Waals surface area (Å²) in [5.41, 5.74) is 2.13. The molecule has 0 aromatic heterocycles. The number of sulfonamides is 1. The van der Waals surface area contributed by atoms with Gasteiger partial charge >= 0.3 is 0 Å². The second-order valence-corrected chi connectivity index (χ2v) is 8.85. The van der Waals surface area contributed by atoms with Crippen LogP contribution < -0.4 is 10.0 Å². The summed E-state index contributed by atoms with van der Waals surface area (Å²) in [6.45, 7) is 2.72. The fraction of sp³-hybridized carbons (Fsp3) is 0.273. The van der Waals surface area contributed by atoms with Gasteiger partial charge in [-0.15, -0.1) is 0 Å². The molecular formula is C22H24N2O2S. The van der Waals surface area contributed by atoms with Gasteiger partial charge in [-0.3, -0.25) is 0 Å². The second kappa shape index (κ2) is 7.43. The normalized spacial score (nSPS) is 20.0. The Morgan fingerprint density at radius 1 is 1.04 bits per heavy atom. The molecule has 2 N–H and O–H groups in total. The van der Waals surface area contributed by atoms with Crippen molar-refractivity contribution >= 4 is 20.8 Å². The average Bonchev–Trinajstić information content (AvgIpc) is 2.82. The maximum Gasteiger partial charge on any atom is 0.241 e. The molecular weight excluding hydrogens is 356 g/mol. The lowest BCUT2D eigenvalue weighted by Gasteiger charge is -2.21. The molecule has 1 heterocycles. The third-order valence-electron chi connectivity index (χ3n) is 5.31. The first-order valence-electron chi connectivity index (χ1n) is 9.36. The van der Waals surface area contributed by atoms with Crippen molar-refractivity contribution in [2.24, 2.45) is 0 Å². The summed E-state index contributed by atoms with van der Waals surface area (Å²) in [7, 11) is -3.46. The van der Waals surface area contributed by atoms with E-state index in [1.54, 1.807) is 12.1 Å². The first kappa shape index (κ1) is 18.2. The summed E-state index contributed by atoms with van der Waals surface area (Å²) in [5, 5.41) is 5.97. The van der Waals surface area contributed by atoms with Gasteiger partial charge in [-0.25, -0.2) is 13.1 Å². The Labute approximate surface area is 160 Å². The smallest absolute Gasteiger partial charge is 0.241 e. The molecule has 3 aromatic carbocycles. The predicted molar refractivity (Wildman–Crippen MR) is 109 cm³/mol. The van der Waals surface area contributed by atoms with E-state index < -0.39 is 10.0 Å². The summed E-state index contributed by atoms with van der Waals surface area (Å²) in [6, 6.07) is 21.9. The van der Waals surface area contributed by atoms with Crippen LogP contribution in [0.2, 0.25) is 0 Å². The fourth-order valence-electron chi connectivity index (χ4n) is 3.84. The lowest BCUT2D eigenvalue weighted by Crippen LogP contribution is -2.41. The highest BCUT2D eigenvalue weighted by atomic mass is 32.2. The van der Waals surface area contributed by atoms with Crippen molar-refractivity contribution in [1.82, 2.24) is 10.0 Å². The Balaban J connectivity index is 1.49. The number of aryl methyl sites for hydroxylation is 1. The van der Waals surface area contributed by atoms with Gasteiger partial charge in [0, 0.05) is 18.6 Å². The zero-order valence-electron chi connectivity index (χ0n) is 15.4. The van der Waals surface area contributed by atoms with Gasteiger partial charge < -0.3 is 5.32 Å². The first-order chi connectivity index (χ1) is 13.0. The van der Waals surface area contributed by atoms with Gasteiger partial charge in [0.15, 0.2) is 0 Å². The van der Waals surface area contributed by atoms with Gasteiger partial charge in [0.2, 0.25) is 10.0 Å². The summed E-state index contributed by atoms with van der Waals surface area (Å²) < 4.78 is 28.2. The van der Waals surface area contributed by atoms with E-state index in [2.05, 4.69) is 53.4 Å². The maximum atomic E-state index is 12.7. The average molecular weight is 381 g/mol. The molecule has 0 bridgehead atoms. The van der Waals surface area contributed by atoms with Gasteiger partial charge in [-0.1, -0.05) is 60.7 Å². The highest BCUT2D eigenvalue weighted by Crippen LogP contribution is 2.25. The van der Waals surface area contributed by atoms with E-state index in [0.29, 0.717) is 11.4 Å². The van der Waals surface area contributed by atoms with Crippen LogP contribution in [0.3, 0.4) is 0 Å². The number of fused-ring (bicyclic) bond motifs is 2. The molecule has 1 aliphatic rings. The predicted octanol–water partition coefficient (Wildman–Crippen LogP) is 3.78. The van der Waals surface area contributed by atoms with Crippen LogP contribution in [0.1, 0.15) is 30.5 Å². The molecule has 0 saturated carbocycles. The molecule has 0 spiro atoms. The Bertz CT molecular complexity index is 1060. The van der Waals surface area contributed by atoms with Crippen molar-refractivity contribution in [2.45, 2.75) is 36.7 Å². The van der Waals surface area contributed by atoms with Crippen LogP contribution in [0.5, 0.6) is 0 Å². The van der Waals surface area contributed by atoms with E-state index in [1.165, 1.54) is 16.3 Å². The number of rotatable bonds is 4. The number of hydrogen-bond acceptors (Lipinski definition) is 3. The minimum atomic E-state index is -3.46. The van der Waals surface area contributed by atoms with Gasteiger partial charge in [-0.2, -0.15) is 0 Å². The molecule has 0 amide bonds. The lowest BCUT2D eigenvalue weighted by atomic mass is 9.99. The lowest BCUT2D eigenvalue weighted by molar-refractivity contribution is 0.471. The van der Waals surface area contributed by atoms with Crippen molar-refractivity contribution in [2.75, 3.05) is 6.54 Å². The van der Waals surface area contributed by atoms with Crippen LogP contribution >= 0.6 is 0 Å². The molecule has 4 rings (SSSR count). The van der Waals surface area contributed by atoms with Crippen LogP contribution in [0, 0.1) is 0 Å².